The zero-order chi connectivity index (χ0) is 14.5. The van der Waals surface area contributed by atoms with Gasteiger partial charge in [0.1, 0.15) is 0 Å². The number of benzene rings is 1. The van der Waals surface area contributed by atoms with Crippen LogP contribution < -0.4 is 0 Å². The number of halogens is 1. The summed E-state index contributed by atoms with van der Waals surface area (Å²) >= 11 is 3.48. The molecule has 0 atom stereocenters. The van der Waals surface area contributed by atoms with Crippen LogP contribution in [0.15, 0.2) is 28.7 Å². The summed E-state index contributed by atoms with van der Waals surface area (Å²) in [6.07, 6.45) is 1.18. The van der Waals surface area contributed by atoms with Crippen molar-refractivity contribution in [3.8, 4) is 0 Å². The Balaban J connectivity index is 2.57. The number of carbonyl (C=O) groups excluding carboxylic acids is 1. The van der Waals surface area contributed by atoms with Crippen LogP contribution in [0.1, 0.15) is 32.8 Å². The molecule has 0 aliphatic rings. The molecule has 106 valence electrons. The van der Waals surface area contributed by atoms with Crippen LogP contribution in [0.25, 0.3) is 0 Å². The first-order valence-corrected chi connectivity index (χ1v) is 7.36. The van der Waals surface area contributed by atoms with Crippen LogP contribution in [0.4, 0.5) is 0 Å². The second-order valence-electron chi connectivity index (χ2n) is 5.31. The van der Waals surface area contributed by atoms with Crippen LogP contribution in [0.3, 0.4) is 0 Å². The fraction of sp³-hybridized carbons (Fsp3) is 0.533. The number of aliphatic hydroxyl groups is 1. The van der Waals surface area contributed by atoms with Crippen molar-refractivity contribution in [2.24, 2.45) is 0 Å². The summed E-state index contributed by atoms with van der Waals surface area (Å²) in [6, 6.07) is 7.93. The first-order chi connectivity index (χ1) is 8.83. The zero-order valence-electron chi connectivity index (χ0n) is 11.8. The van der Waals surface area contributed by atoms with E-state index in [1.165, 1.54) is 0 Å². The van der Waals surface area contributed by atoms with Crippen LogP contribution in [0.5, 0.6) is 0 Å². The van der Waals surface area contributed by atoms with Crippen LogP contribution in [-0.4, -0.2) is 34.6 Å². The van der Waals surface area contributed by atoms with Crippen LogP contribution in [0, 0.1) is 0 Å². The molecule has 1 aromatic rings. The van der Waals surface area contributed by atoms with Gasteiger partial charge in [-0.2, -0.15) is 0 Å². The number of rotatable bonds is 6. The van der Waals surface area contributed by atoms with Gasteiger partial charge in [-0.1, -0.05) is 34.1 Å². The van der Waals surface area contributed by atoms with E-state index in [4.69, 9.17) is 0 Å². The number of likely N-dealkylation sites (N-methyl/N-ethyl adjacent to an activating group) is 1. The molecule has 0 saturated carbocycles. The van der Waals surface area contributed by atoms with Crippen molar-refractivity contribution in [2.45, 2.75) is 39.2 Å². The molecule has 1 rings (SSSR count). The van der Waals surface area contributed by atoms with Crippen LogP contribution >= 0.6 is 15.9 Å². The zero-order valence-corrected chi connectivity index (χ0v) is 13.4. The number of amides is 1. The summed E-state index contributed by atoms with van der Waals surface area (Å²) in [5.41, 5.74) is 0.286. The quantitative estimate of drug-likeness (QED) is 0.872. The fourth-order valence-electron chi connectivity index (χ4n) is 1.94. The molecule has 19 heavy (non-hydrogen) atoms. The maximum absolute atomic E-state index is 12.1. The molecule has 1 aromatic carbocycles. The van der Waals surface area contributed by atoms with Gasteiger partial charge >= 0.3 is 0 Å². The van der Waals surface area contributed by atoms with Gasteiger partial charge in [-0.25, -0.2) is 0 Å². The van der Waals surface area contributed by atoms with Crippen molar-refractivity contribution in [2.75, 3.05) is 13.1 Å². The van der Waals surface area contributed by atoms with E-state index in [1.807, 2.05) is 31.2 Å². The third-order valence-corrected chi connectivity index (χ3v) is 3.65. The number of hydrogen-bond acceptors (Lipinski definition) is 2. The molecule has 0 bridgehead atoms. The summed E-state index contributed by atoms with van der Waals surface area (Å²) in [5.74, 6) is 0.0837. The summed E-state index contributed by atoms with van der Waals surface area (Å²) in [4.78, 5) is 13.8. The maximum Gasteiger partial charge on any atom is 0.222 e. The molecule has 0 spiro atoms. The average molecular weight is 328 g/mol. The largest absolute Gasteiger partial charge is 0.389 e. The Kier molecular flexibility index (Phi) is 6.01. The van der Waals surface area contributed by atoms with Gasteiger partial charge in [0.05, 0.1) is 5.60 Å². The third-order valence-electron chi connectivity index (χ3n) is 2.88. The van der Waals surface area contributed by atoms with E-state index in [-0.39, 0.29) is 5.91 Å². The molecule has 0 unspecified atom stereocenters. The minimum atomic E-state index is -0.848. The Morgan fingerprint density at radius 2 is 2.00 bits per heavy atom. The lowest BCUT2D eigenvalue weighted by molar-refractivity contribution is -0.133. The molecule has 4 heteroatoms. The summed E-state index contributed by atoms with van der Waals surface area (Å²) in [5, 5.41) is 9.80. The smallest absolute Gasteiger partial charge is 0.222 e. The number of hydrogen-bond donors (Lipinski definition) is 1. The molecule has 0 aliphatic heterocycles. The van der Waals surface area contributed by atoms with Gasteiger partial charge in [-0.05, 0) is 38.8 Å². The third kappa shape index (κ3) is 5.74. The highest BCUT2D eigenvalue weighted by molar-refractivity contribution is 9.10. The number of nitrogens with zero attached hydrogens (tertiary/aromatic N) is 1. The Hall–Kier alpha value is -0.870. The molecule has 0 saturated heterocycles. The number of aryl methyl sites for hydroxylation is 1. The van der Waals surface area contributed by atoms with Gasteiger partial charge in [0.15, 0.2) is 0 Å². The highest BCUT2D eigenvalue weighted by atomic mass is 79.9. The van der Waals surface area contributed by atoms with Gasteiger partial charge in [-0.15, -0.1) is 0 Å². The van der Waals surface area contributed by atoms with E-state index >= 15 is 0 Å². The SMILES string of the molecule is CCN(CC(C)(C)O)C(=O)CCc1ccccc1Br. The molecule has 1 N–H and O–H groups in total. The highest BCUT2D eigenvalue weighted by Crippen LogP contribution is 2.18. The van der Waals surface area contributed by atoms with Crippen LogP contribution in [-0.2, 0) is 11.2 Å². The molecule has 0 aliphatic carbocycles. The molecule has 3 nitrogen and oxygen atoms in total. The van der Waals surface area contributed by atoms with Gasteiger partial charge in [-0.3, -0.25) is 4.79 Å². The Labute approximate surface area is 123 Å². The average Bonchev–Trinajstić information content (AvgIpc) is 2.33. The van der Waals surface area contributed by atoms with Crippen molar-refractivity contribution in [3.63, 3.8) is 0 Å². The summed E-state index contributed by atoms with van der Waals surface area (Å²) < 4.78 is 1.04. The summed E-state index contributed by atoms with van der Waals surface area (Å²) in [6.45, 7) is 6.37. The van der Waals surface area contributed by atoms with E-state index in [9.17, 15) is 9.90 Å². The van der Waals surface area contributed by atoms with Crippen molar-refractivity contribution in [1.29, 1.82) is 0 Å². The second-order valence-corrected chi connectivity index (χ2v) is 6.17. The predicted octanol–water partition coefficient (Wildman–Crippen LogP) is 3.00. The monoisotopic (exact) mass is 327 g/mol. The van der Waals surface area contributed by atoms with Gasteiger partial charge in [0.25, 0.3) is 0 Å². The number of carbonyl (C=O) groups is 1. The fourth-order valence-corrected chi connectivity index (χ4v) is 2.43. The van der Waals surface area contributed by atoms with Gasteiger partial charge < -0.3 is 10.0 Å². The highest BCUT2D eigenvalue weighted by Gasteiger charge is 2.21. The molecule has 0 radical (unpaired) electrons. The molecular formula is C15H22BrNO2. The standard InChI is InChI=1S/C15H22BrNO2/c1-4-17(11-15(2,3)19)14(18)10-9-12-7-5-6-8-13(12)16/h5-8,19H,4,9-11H2,1-3H3. The van der Waals surface area contributed by atoms with E-state index in [0.29, 0.717) is 25.9 Å². The Morgan fingerprint density at radius 1 is 1.37 bits per heavy atom. The van der Waals surface area contributed by atoms with Gasteiger partial charge in [0.2, 0.25) is 5.91 Å². The minimum Gasteiger partial charge on any atom is -0.389 e. The first-order valence-electron chi connectivity index (χ1n) is 6.57. The molecular weight excluding hydrogens is 306 g/mol. The normalized spacial score (nSPS) is 11.4. The van der Waals surface area contributed by atoms with Crippen molar-refractivity contribution < 1.29 is 9.90 Å². The predicted molar refractivity (Wildman–Crippen MR) is 81.0 cm³/mol. The Bertz CT molecular complexity index is 426. The summed E-state index contributed by atoms with van der Waals surface area (Å²) in [7, 11) is 0. The lowest BCUT2D eigenvalue weighted by atomic mass is 10.1. The minimum absolute atomic E-state index is 0.0837. The lowest BCUT2D eigenvalue weighted by Crippen LogP contribution is -2.42. The molecule has 1 amide bonds. The van der Waals surface area contributed by atoms with E-state index in [1.54, 1.807) is 18.7 Å². The van der Waals surface area contributed by atoms with Crippen molar-refractivity contribution >= 4 is 21.8 Å². The first kappa shape index (κ1) is 16.2. The maximum atomic E-state index is 12.1. The topological polar surface area (TPSA) is 40.5 Å². The molecule has 0 fully saturated rings. The van der Waals surface area contributed by atoms with Crippen LogP contribution in [0.2, 0.25) is 0 Å². The van der Waals surface area contributed by atoms with Crippen molar-refractivity contribution in [3.05, 3.63) is 34.3 Å². The van der Waals surface area contributed by atoms with Gasteiger partial charge in [0, 0.05) is 24.0 Å². The van der Waals surface area contributed by atoms with E-state index in [0.717, 1.165) is 10.0 Å². The molecule has 0 heterocycles. The van der Waals surface area contributed by atoms with E-state index < -0.39 is 5.60 Å². The van der Waals surface area contributed by atoms with E-state index in [2.05, 4.69) is 15.9 Å². The lowest BCUT2D eigenvalue weighted by Gasteiger charge is -2.28. The molecule has 0 aromatic heterocycles. The second kappa shape index (κ2) is 7.06. The van der Waals surface area contributed by atoms with Crippen molar-refractivity contribution in [1.82, 2.24) is 4.90 Å². The Morgan fingerprint density at radius 3 is 2.53 bits per heavy atom.